The Labute approximate surface area is 95.8 Å². The number of aromatic carboxylic acids is 1. The molecule has 0 unspecified atom stereocenters. The second-order valence-electron chi connectivity index (χ2n) is 4.02. The molecule has 16 heavy (non-hydrogen) atoms. The van der Waals surface area contributed by atoms with Crippen LogP contribution < -0.4 is 0 Å². The van der Waals surface area contributed by atoms with Gasteiger partial charge in [-0.2, -0.15) is 0 Å². The van der Waals surface area contributed by atoms with E-state index in [2.05, 4.69) is 0 Å². The molecule has 4 heteroatoms. The summed E-state index contributed by atoms with van der Waals surface area (Å²) in [6, 6.07) is 3.38. The molecule has 0 atom stereocenters. The zero-order valence-corrected chi connectivity index (χ0v) is 9.85. The van der Waals surface area contributed by atoms with Crippen molar-refractivity contribution in [2.75, 3.05) is 6.61 Å². The van der Waals surface area contributed by atoms with Crippen LogP contribution in [0.15, 0.2) is 18.3 Å². The van der Waals surface area contributed by atoms with E-state index < -0.39 is 5.97 Å². The molecule has 1 aromatic heterocycles. The van der Waals surface area contributed by atoms with Crippen LogP contribution in [0.4, 0.5) is 0 Å². The quantitative estimate of drug-likeness (QED) is 0.725. The first-order valence-corrected chi connectivity index (χ1v) is 5.61. The highest BCUT2D eigenvalue weighted by molar-refractivity contribution is 5.85. The van der Waals surface area contributed by atoms with Crippen LogP contribution >= 0.6 is 0 Å². The third kappa shape index (κ3) is 4.06. The largest absolute Gasteiger partial charge is 0.477 e. The Hall–Kier alpha value is -1.29. The summed E-state index contributed by atoms with van der Waals surface area (Å²) in [5.74, 6) is -0.872. The molecule has 0 bridgehead atoms. The van der Waals surface area contributed by atoms with Crippen LogP contribution in [0.5, 0.6) is 0 Å². The Morgan fingerprint density at radius 2 is 2.25 bits per heavy atom. The van der Waals surface area contributed by atoms with Crippen molar-refractivity contribution >= 4 is 5.97 Å². The van der Waals surface area contributed by atoms with Crippen LogP contribution in [-0.4, -0.2) is 28.4 Å². The molecule has 1 aromatic rings. The lowest BCUT2D eigenvalue weighted by Crippen LogP contribution is -2.09. The fourth-order valence-electron chi connectivity index (χ4n) is 1.51. The fourth-order valence-corrected chi connectivity index (χ4v) is 1.51. The maximum absolute atomic E-state index is 10.8. The Balaban J connectivity index is 2.27. The molecule has 0 amide bonds. The van der Waals surface area contributed by atoms with Gasteiger partial charge in [-0.3, -0.25) is 0 Å². The summed E-state index contributed by atoms with van der Waals surface area (Å²) in [6.07, 6.45) is 3.95. The van der Waals surface area contributed by atoms with E-state index in [-0.39, 0.29) is 6.10 Å². The summed E-state index contributed by atoms with van der Waals surface area (Å²) in [4.78, 5) is 10.8. The smallest absolute Gasteiger partial charge is 0.352 e. The molecule has 0 saturated heterocycles. The zero-order chi connectivity index (χ0) is 12.0. The van der Waals surface area contributed by atoms with Crippen molar-refractivity contribution in [3.05, 3.63) is 24.0 Å². The molecule has 0 spiro atoms. The van der Waals surface area contributed by atoms with Crippen molar-refractivity contribution in [3.63, 3.8) is 0 Å². The van der Waals surface area contributed by atoms with Crippen molar-refractivity contribution in [1.29, 1.82) is 0 Å². The van der Waals surface area contributed by atoms with Crippen molar-refractivity contribution in [2.45, 2.75) is 39.3 Å². The van der Waals surface area contributed by atoms with Crippen LogP contribution in [0.1, 0.15) is 37.2 Å². The van der Waals surface area contributed by atoms with Crippen LogP contribution in [0, 0.1) is 0 Å². The maximum Gasteiger partial charge on any atom is 0.352 e. The molecule has 4 nitrogen and oxygen atoms in total. The van der Waals surface area contributed by atoms with Gasteiger partial charge in [0.05, 0.1) is 6.10 Å². The Morgan fingerprint density at radius 3 is 2.88 bits per heavy atom. The first-order valence-electron chi connectivity index (χ1n) is 5.61. The summed E-state index contributed by atoms with van der Waals surface area (Å²) >= 11 is 0. The molecule has 1 N–H and O–H groups in total. The Morgan fingerprint density at radius 1 is 1.50 bits per heavy atom. The van der Waals surface area contributed by atoms with E-state index in [1.807, 2.05) is 13.8 Å². The Bertz CT molecular complexity index is 331. The number of rotatable bonds is 7. The number of carboxylic acids is 1. The molecule has 1 rings (SSSR count). The van der Waals surface area contributed by atoms with Gasteiger partial charge in [-0.1, -0.05) is 0 Å². The van der Waals surface area contributed by atoms with E-state index in [9.17, 15) is 4.79 Å². The first-order chi connectivity index (χ1) is 7.61. The molecule has 90 valence electrons. The molecule has 0 aliphatic carbocycles. The van der Waals surface area contributed by atoms with Gasteiger partial charge in [0.15, 0.2) is 0 Å². The van der Waals surface area contributed by atoms with Crippen molar-refractivity contribution in [1.82, 2.24) is 4.57 Å². The second kappa shape index (κ2) is 6.33. The van der Waals surface area contributed by atoms with Gasteiger partial charge in [0, 0.05) is 19.3 Å². The number of aromatic nitrogens is 1. The molecule has 0 aromatic carbocycles. The van der Waals surface area contributed by atoms with E-state index in [1.165, 1.54) is 0 Å². The zero-order valence-electron chi connectivity index (χ0n) is 9.85. The average molecular weight is 225 g/mol. The topological polar surface area (TPSA) is 51.5 Å². The Kier molecular flexibility index (Phi) is 5.05. The highest BCUT2D eigenvalue weighted by Gasteiger charge is 2.07. The molecule has 0 fully saturated rings. The van der Waals surface area contributed by atoms with Crippen molar-refractivity contribution < 1.29 is 14.6 Å². The van der Waals surface area contributed by atoms with Gasteiger partial charge < -0.3 is 14.4 Å². The van der Waals surface area contributed by atoms with Crippen LogP contribution in [-0.2, 0) is 11.3 Å². The summed E-state index contributed by atoms with van der Waals surface area (Å²) in [6.45, 7) is 5.49. The lowest BCUT2D eigenvalue weighted by molar-refractivity contribution is 0.0683. The number of ether oxygens (including phenoxy) is 1. The van der Waals surface area contributed by atoms with E-state index in [0.29, 0.717) is 5.69 Å². The van der Waals surface area contributed by atoms with Gasteiger partial charge in [0.25, 0.3) is 0 Å². The van der Waals surface area contributed by atoms with Crippen molar-refractivity contribution in [3.8, 4) is 0 Å². The highest BCUT2D eigenvalue weighted by atomic mass is 16.5. The van der Waals surface area contributed by atoms with Gasteiger partial charge in [0.1, 0.15) is 5.69 Å². The number of aryl methyl sites for hydroxylation is 1. The third-order valence-corrected chi connectivity index (χ3v) is 2.29. The van der Waals surface area contributed by atoms with Gasteiger partial charge >= 0.3 is 5.97 Å². The predicted molar refractivity (Wildman–Crippen MR) is 61.7 cm³/mol. The number of unbranched alkanes of at least 4 members (excludes halogenated alkanes) is 1. The number of nitrogens with zero attached hydrogens (tertiary/aromatic N) is 1. The van der Waals surface area contributed by atoms with Gasteiger partial charge in [-0.05, 0) is 38.8 Å². The molecule has 0 aliphatic rings. The first kappa shape index (κ1) is 12.8. The van der Waals surface area contributed by atoms with Crippen LogP contribution in [0.2, 0.25) is 0 Å². The predicted octanol–water partition coefficient (Wildman–Crippen LogP) is 2.39. The molecule has 1 heterocycles. The minimum atomic E-state index is -0.872. The monoisotopic (exact) mass is 225 g/mol. The minimum Gasteiger partial charge on any atom is -0.477 e. The summed E-state index contributed by atoms with van der Waals surface area (Å²) in [5.41, 5.74) is 0.352. The van der Waals surface area contributed by atoms with E-state index in [1.54, 1.807) is 22.9 Å². The van der Waals surface area contributed by atoms with Gasteiger partial charge in [-0.25, -0.2) is 4.79 Å². The molecular weight excluding hydrogens is 206 g/mol. The van der Waals surface area contributed by atoms with E-state index in [0.717, 1.165) is 26.0 Å². The van der Waals surface area contributed by atoms with Crippen LogP contribution in [0.3, 0.4) is 0 Å². The molecule has 0 saturated carbocycles. The molecule has 0 aliphatic heterocycles. The second-order valence-corrected chi connectivity index (χ2v) is 4.02. The summed E-state index contributed by atoms with van der Waals surface area (Å²) in [7, 11) is 0. The third-order valence-electron chi connectivity index (χ3n) is 2.29. The lowest BCUT2D eigenvalue weighted by Gasteiger charge is -2.08. The lowest BCUT2D eigenvalue weighted by atomic mass is 10.3. The maximum atomic E-state index is 10.8. The number of hydrogen-bond donors (Lipinski definition) is 1. The minimum absolute atomic E-state index is 0.265. The van der Waals surface area contributed by atoms with Gasteiger partial charge in [0.2, 0.25) is 0 Å². The van der Waals surface area contributed by atoms with Crippen LogP contribution in [0.25, 0.3) is 0 Å². The molecule has 0 radical (unpaired) electrons. The average Bonchev–Trinajstić information content (AvgIpc) is 2.65. The van der Waals surface area contributed by atoms with Gasteiger partial charge in [-0.15, -0.1) is 0 Å². The number of hydrogen-bond acceptors (Lipinski definition) is 2. The normalized spacial score (nSPS) is 10.9. The van der Waals surface area contributed by atoms with E-state index in [4.69, 9.17) is 9.84 Å². The fraction of sp³-hybridized carbons (Fsp3) is 0.583. The van der Waals surface area contributed by atoms with Crippen molar-refractivity contribution in [2.24, 2.45) is 0 Å². The number of carboxylic acid groups (broad SMARTS) is 1. The standard InChI is InChI=1S/C12H19NO3/c1-10(2)16-9-4-3-7-13-8-5-6-11(13)12(14)15/h5-6,8,10H,3-4,7,9H2,1-2H3,(H,14,15). The number of carbonyl (C=O) groups is 1. The highest BCUT2D eigenvalue weighted by Crippen LogP contribution is 2.05. The molecular formula is C12H19NO3. The SMILES string of the molecule is CC(C)OCCCCn1cccc1C(=O)O. The van der Waals surface area contributed by atoms with E-state index >= 15 is 0 Å². The summed E-state index contributed by atoms with van der Waals surface area (Å²) < 4.78 is 7.17. The summed E-state index contributed by atoms with van der Waals surface area (Å²) in [5, 5.41) is 8.88.